The van der Waals surface area contributed by atoms with Crippen molar-refractivity contribution in [1.29, 1.82) is 0 Å². The maximum atomic E-state index is 12.2. The van der Waals surface area contributed by atoms with E-state index in [1.807, 2.05) is 0 Å². The fourth-order valence-corrected chi connectivity index (χ4v) is 4.04. The molecule has 4 heteroatoms. The van der Waals surface area contributed by atoms with Crippen molar-refractivity contribution in [3.8, 4) is 0 Å². The van der Waals surface area contributed by atoms with Crippen LogP contribution in [0.1, 0.15) is 38.2 Å². The molecule has 126 valence electrons. The molecule has 0 aliphatic carbocycles. The summed E-state index contributed by atoms with van der Waals surface area (Å²) in [5, 5.41) is 3.06. The van der Waals surface area contributed by atoms with Gasteiger partial charge in [-0.2, -0.15) is 0 Å². The molecule has 1 aromatic carbocycles. The van der Waals surface area contributed by atoms with E-state index < -0.39 is 0 Å². The third kappa shape index (κ3) is 5.05. The van der Waals surface area contributed by atoms with Gasteiger partial charge in [0.05, 0.1) is 26.2 Å². The molecule has 2 aliphatic rings. The number of amides is 1. The van der Waals surface area contributed by atoms with Crippen LogP contribution in [0.25, 0.3) is 0 Å². The van der Waals surface area contributed by atoms with Crippen molar-refractivity contribution in [2.24, 2.45) is 5.92 Å². The number of rotatable bonds is 5. The Balaban J connectivity index is 1.46. The van der Waals surface area contributed by atoms with Crippen molar-refractivity contribution in [3.05, 3.63) is 29.8 Å². The van der Waals surface area contributed by atoms with E-state index in [9.17, 15) is 4.79 Å². The van der Waals surface area contributed by atoms with Crippen LogP contribution in [-0.2, 0) is 11.3 Å². The molecule has 0 spiro atoms. The maximum Gasteiger partial charge on any atom is 0.279 e. The number of hydrogen-bond acceptors (Lipinski definition) is 1. The number of carbonyl (C=O) groups is 1. The van der Waals surface area contributed by atoms with E-state index in [0.717, 1.165) is 31.2 Å². The molecule has 0 saturated carbocycles. The van der Waals surface area contributed by atoms with E-state index in [1.165, 1.54) is 49.2 Å². The smallest absolute Gasteiger partial charge is 0.279 e. The zero-order valence-electron chi connectivity index (χ0n) is 14.4. The highest BCUT2D eigenvalue weighted by atomic mass is 16.2. The zero-order valence-corrected chi connectivity index (χ0v) is 14.4. The van der Waals surface area contributed by atoms with Crippen LogP contribution in [0.4, 0.5) is 5.69 Å². The van der Waals surface area contributed by atoms with Crippen LogP contribution >= 0.6 is 0 Å². The molecule has 3 rings (SSSR count). The van der Waals surface area contributed by atoms with E-state index in [4.69, 9.17) is 0 Å². The van der Waals surface area contributed by atoms with Gasteiger partial charge in [0.1, 0.15) is 6.54 Å². The Morgan fingerprint density at radius 3 is 2.48 bits per heavy atom. The van der Waals surface area contributed by atoms with Crippen molar-refractivity contribution in [3.63, 3.8) is 0 Å². The van der Waals surface area contributed by atoms with Crippen LogP contribution in [0.2, 0.25) is 0 Å². The van der Waals surface area contributed by atoms with Crippen molar-refractivity contribution in [2.75, 3.05) is 38.0 Å². The number of nitrogens with one attached hydrogen (secondary N) is 3. The van der Waals surface area contributed by atoms with Crippen molar-refractivity contribution in [1.82, 2.24) is 0 Å². The molecular formula is C19H31N3O+2. The van der Waals surface area contributed by atoms with Gasteiger partial charge >= 0.3 is 0 Å². The monoisotopic (exact) mass is 317 g/mol. The van der Waals surface area contributed by atoms with E-state index in [2.05, 4.69) is 36.5 Å². The van der Waals surface area contributed by atoms with Crippen LogP contribution in [0.15, 0.2) is 24.3 Å². The number of carbonyl (C=O) groups excluding carboxylic acids is 1. The molecule has 23 heavy (non-hydrogen) atoms. The lowest BCUT2D eigenvalue weighted by atomic mass is 10.0. The predicted molar refractivity (Wildman–Crippen MR) is 92.7 cm³/mol. The largest absolute Gasteiger partial charge is 0.331 e. The second kappa shape index (κ2) is 7.93. The minimum atomic E-state index is 0.145. The number of quaternary nitrogens is 2. The Labute approximate surface area is 139 Å². The molecule has 1 unspecified atom stereocenters. The highest BCUT2D eigenvalue weighted by Gasteiger charge is 2.22. The average molecular weight is 317 g/mol. The summed E-state index contributed by atoms with van der Waals surface area (Å²) in [5.74, 6) is 0.894. The first-order valence-corrected chi connectivity index (χ1v) is 9.25. The van der Waals surface area contributed by atoms with Gasteiger partial charge in [0.2, 0.25) is 0 Å². The Bertz CT molecular complexity index is 508. The molecule has 1 amide bonds. The number of anilines is 1. The molecule has 3 N–H and O–H groups in total. The van der Waals surface area contributed by atoms with Gasteiger partial charge in [-0.15, -0.1) is 0 Å². The van der Waals surface area contributed by atoms with Crippen molar-refractivity contribution < 1.29 is 14.6 Å². The second-order valence-electron chi connectivity index (χ2n) is 7.51. The van der Waals surface area contributed by atoms with E-state index in [-0.39, 0.29) is 5.91 Å². The van der Waals surface area contributed by atoms with Crippen LogP contribution < -0.4 is 15.1 Å². The summed E-state index contributed by atoms with van der Waals surface area (Å²) in [6.45, 7) is 8.87. The Morgan fingerprint density at radius 2 is 1.78 bits per heavy atom. The van der Waals surface area contributed by atoms with Gasteiger partial charge < -0.3 is 15.1 Å². The Hall–Kier alpha value is -1.39. The number of hydrogen-bond donors (Lipinski definition) is 3. The number of likely N-dealkylation sites (tertiary alicyclic amines) is 2. The third-order valence-electron chi connectivity index (χ3n) is 5.28. The van der Waals surface area contributed by atoms with Gasteiger partial charge in [0, 0.05) is 30.0 Å². The van der Waals surface area contributed by atoms with E-state index >= 15 is 0 Å². The van der Waals surface area contributed by atoms with Crippen molar-refractivity contribution in [2.45, 2.75) is 39.2 Å². The molecule has 2 saturated heterocycles. The standard InChI is InChI=1S/C19H29N3O/c1-16-5-4-12-22(13-16)15-19(23)20-18-8-6-17(7-9-18)14-21-10-2-3-11-21/h6-9,16H,2-5,10-15H2,1H3,(H,20,23)/p+2/t16-/m1/s1. The van der Waals surface area contributed by atoms with Gasteiger partial charge in [0.25, 0.3) is 5.91 Å². The highest BCUT2D eigenvalue weighted by Crippen LogP contribution is 2.09. The fourth-order valence-electron chi connectivity index (χ4n) is 4.04. The first kappa shape index (κ1) is 16.5. The second-order valence-corrected chi connectivity index (χ2v) is 7.51. The third-order valence-corrected chi connectivity index (χ3v) is 5.28. The molecule has 4 nitrogen and oxygen atoms in total. The van der Waals surface area contributed by atoms with E-state index in [0.29, 0.717) is 6.54 Å². The van der Waals surface area contributed by atoms with Crippen LogP contribution in [0.5, 0.6) is 0 Å². The summed E-state index contributed by atoms with van der Waals surface area (Å²) >= 11 is 0. The summed E-state index contributed by atoms with van der Waals surface area (Å²) in [4.78, 5) is 15.3. The molecule has 0 bridgehead atoms. The van der Waals surface area contributed by atoms with Gasteiger partial charge in [-0.1, -0.05) is 19.1 Å². The van der Waals surface area contributed by atoms with Gasteiger partial charge in [-0.25, -0.2) is 0 Å². The van der Waals surface area contributed by atoms with Crippen LogP contribution in [0.3, 0.4) is 0 Å². The maximum absolute atomic E-state index is 12.2. The summed E-state index contributed by atoms with van der Waals surface area (Å²) in [5.41, 5.74) is 2.30. The fraction of sp³-hybridized carbons (Fsp3) is 0.632. The first-order chi connectivity index (χ1) is 11.2. The Kier molecular flexibility index (Phi) is 5.68. The quantitative estimate of drug-likeness (QED) is 0.709. The lowest BCUT2D eigenvalue weighted by Crippen LogP contribution is -3.14. The molecular weight excluding hydrogens is 286 g/mol. The minimum Gasteiger partial charge on any atom is -0.331 e. The summed E-state index contributed by atoms with van der Waals surface area (Å²) in [7, 11) is 0. The lowest BCUT2D eigenvalue weighted by molar-refractivity contribution is -0.901. The molecule has 2 atom stereocenters. The van der Waals surface area contributed by atoms with Gasteiger partial charge in [-0.05, 0) is 25.0 Å². The number of benzene rings is 1. The van der Waals surface area contributed by atoms with E-state index in [1.54, 1.807) is 4.90 Å². The summed E-state index contributed by atoms with van der Waals surface area (Å²) in [6.07, 6.45) is 5.28. The Morgan fingerprint density at radius 1 is 1.09 bits per heavy atom. The first-order valence-electron chi connectivity index (χ1n) is 9.25. The molecule has 2 heterocycles. The summed E-state index contributed by atoms with van der Waals surface area (Å²) < 4.78 is 0. The lowest BCUT2D eigenvalue weighted by Gasteiger charge is -2.27. The normalized spacial score (nSPS) is 25.4. The highest BCUT2D eigenvalue weighted by molar-refractivity contribution is 5.91. The number of piperidine rings is 1. The SMILES string of the molecule is C[C@@H]1CCC[NH+](CC(=O)Nc2ccc(C[NH+]3CCCC3)cc2)C1. The molecule has 2 fully saturated rings. The molecule has 0 radical (unpaired) electrons. The summed E-state index contributed by atoms with van der Waals surface area (Å²) in [6, 6.07) is 8.43. The molecule has 2 aliphatic heterocycles. The predicted octanol–water partition coefficient (Wildman–Crippen LogP) is 0.119. The average Bonchev–Trinajstić information content (AvgIpc) is 3.02. The zero-order chi connectivity index (χ0) is 16.1. The molecule has 1 aromatic rings. The van der Waals surface area contributed by atoms with Gasteiger partial charge in [-0.3, -0.25) is 4.79 Å². The van der Waals surface area contributed by atoms with Crippen LogP contribution in [0, 0.1) is 5.92 Å². The topological polar surface area (TPSA) is 38.0 Å². The van der Waals surface area contributed by atoms with Crippen LogP contribution in [-0.4, -0.2) is 38.6 Å². The van der Waals surface area contributed by atoms with Crippen molar-refractivity contribution >= 4 is 11.6 Å². The van der Waals surface area contributed by atoms with Gasteiger partial charge in [0.15, 0.2) is 6.54 Å². The molecule has 0 aromatic heterocycles. The minimum absolute atomic E-state index is 0.145.